The zero-order valence-electron chi connectivity index (χ0n) is 12.0. The lowest BCUT2D eigenvalue weighted by Gasteiger charge is -2.25. The Bertz CT molecular complexity index is 515. The van der Waals surface area contributed by atoms with Gasteiger partial charge in [-0.2, -0.15) is 8.42 Å². The molecule has 0 amide bonds. The van der Waals surface area contributed by atoms with Crippen LogP contribution < -0.4 is 0 Å². The Kier molecular flexibility index (Phi) is 5.18. The van der Waals surface area contributed by atoms with E-state index in [2.05, 4.69) is 0 Å². The summed E-state index contributed by atoms with van der Waals surface area (Å²) in [4.78, 5) is 0.169. The molecule has 1 unspecified atom stereocenters. The minimum absolute atomic E-state index is 0.118. The molecule has 2 rings (SSSR count). The summed E-state index contributed by atoms with van der Waals surface area (Å²) >= 11 is 0. The van der Waals surface area contributed by atoms with Gasteiger partial charge in [-0.1, -0.05) is 37.0 Å². The zero-order valence-corrected chi connectivity index (χ0v) is 12.9. The highest BCUT2D eigenvalue weighted by atomic mass is 32.2. The topological polar surface area (TPSA) is 52.6 Å². The minimum atomic E-state index is -3.75. The van der Waals surface area contributed by atoms with Crippen LogP contribution in [-0.2, 0) is 19.0 Å². The fourth-order valence-electron chi connectivity index (χ4n) is 2.43. The molecule has 1 fully saturated rings. The van der Waals surface area contributed by atoms with Crippen LogP contribution in [0.1, 0.15) is 44.6 Å². The second-order valence-electron chi connectivity index (χ2n) is 5.33. The highest BCUT2D eigenvalue weighted by Crippen LogP contribution is 2.23. The number of ether oxygens (including phenoxy) is 1. The van der Waals surface area contributed by atoms with Crippen LogP contribution in [0, 0.1) is 6.92 Å². The molecule has 0 N–H and O–H groups in total. The molecule has 1 aromatic carbocycles. The van der Waals surface area contributed by atoms with Crippen LogP contribution in [-0.4, -0.2) is 20.8 Å². The summed E-state index contributed by atoms with van der Waals surface area (Å²) in [7, 11) is -3.75. The maximum Gasteiger partial charge on any atom is 0.299 e. The molecule has 0 spiro atoms. The molecule has 0 radical (unpaired) electrons. The molecule has 0 aliphatic heterocycles. The third-order valence-electron chi connectivity index (χ3n) is 3.51. The molecule has 0 heterocycles. The van der Waals surface area contributed by atoms with Crippen molar-refractivity contribution < 1.29 is 17.3 Å². The van der Waals surface area contributed by atoms with Gasteiger partial charge in [-0.05, 0) is 38.8 Å². The number of benzene rings is 1. The van der Waals surface area contributed by atoms with E-state index in [0.717, 1.165) is 31.2 Å². The summed E-state index contributed by atoms with van der Waals surface area (Å²) < 4.78 is 35.0. The van der Waals surface area contributed by atoms with Gasteiger partial charge in [-0.25, -0.2) is 4.18 Å². The predicted octanol–water partition coefficient (Wildman–Crippen LogP) is 3.40. The SMILES string of the molecule is Cc1ccc(S(=O)(=O)OC(C)OC2CCCCC2)cc1. The van der Waals surface area contributed by atoms with Gasteiger partial charge in [0.05, 0.1) is 11.0 Å². The van der Waals surface area contributed by atoms with Gasteiger partial charge in [0.2, 0.25) is 0 Å². The Labute approximate surface area is 121 Å². The van der Waals surface area contributed by atoms with Crippen molar-refractivity contribution >= 4 is 10.1 Å². The first-order chi connectivity index (χ1) is 9.47. The fraction of sp³-hybridized carbons (Fsp3) is 0.600. The van der Waals surface area contributed by atoms with Gasteiger partial charge >= 0.3 is 0 Å². The maximum atomic E-state index is 12.1. The molecule has 4 nitrogen and oxygen atoms in total. The van der Waals surface area contributed by atoms with Crippen molar-refractivity contribution in [1.82, 2.24) is 0 Å². The monoisotopic (exact) mass is 298 g/mol. The summed E-state index contributed by atoms with van der Waals surface area (Å²) in [5.41, 5.74) is 1.01. The molecule has 0 saturated heterocycles. The van der Waals surface area contributed by atoms with E-state index in [-0.39, 0.29) is 11.0 Å². The van der Waals surface area contributed by atoms with Gasteiger partial charge in [-0.15, -0.1) is 0 Å². The molecule has 5 heteroatoms. The minimum Gasteiger partial charge on any atom is -0.348 e. The summed E-state index contributed by atoms with van der Waals surface area (Å²) in [6.45, 7) is 3.55. The van der Waals surface area contributed by atoms with Crippen LogP contribution in [0.15, 0.2) is 29.2 Å². The molecular formula is C15H22O4S. The van der Waals surface area contributed by atoms with Crippen molar-refractivity contribution in [2.24, 2.45) is 0 Å². The third-order valence-corrected chi connectivity index (χ3v) is 4.88. The molecule has 20 heavy (non-hydrogen) atoms. The first-order valence-corrected chi connectivity index (χ1v) is 8.53. The van der Waals surface area contributed by atoms with Crippen molar-refractivity contribution in [3.05, 3.63) is 29.8 Å². The van der Waals surface area contributed by atoms with Crippen LogP contribution in [0.25, 0.3) is 0 Å². The molecule has 1 aromatic rings. The first-order valence-electron chi connectivity index (χ1n) is 7.13. The Morgan fingerprint density at radius 3 is 2.30 bits per heavy atom. The lowest BCUT2D eigenvalue weighted by atomic mass is 9.98. The number of hydrogen-bond donors (Lipinski definition) is 0. The van der Waals surface area contributed by atoms with Crippen molar-refractivity contribution in [3.63, 3.8) is 0 Å². The average Bonchev–Trinajstić information content (AvgIpc) is 2.39. The molecule has 1 atom stereocenters. The summed E-state index contributed by atoms with van der Waals surface area (Å²) in [5.74, 6) is 0. The molecule has 112 valence electrons. The lowest BCUT2D eigenvalue weighted by molar-refractivity contribution is -0.114. The van der Waals surface area contributed by atoms with Gasteiger partial charge in [0.1, 0.15) is 0 Å². The van der Waals surface area contributed by atoms with Gasteiger partial charge in [0, 0.05) is 0 Å². The average molecular weight is 298 g/mol. The Morgan fingerprint density at radius 2 is 1.70 bits per heavy atom. The van der Waals surface area contributed by atoms with Crippen LogP contribution in [0.3, 0.4) is 0 Å². The van der Waals surface area contributed by atoms with Crippen molar-refractivity contribution in [1.29, 1.82) is 0 Å². The summed E-state index contributed by atoms with van der Waals surface area (Å²) in [6.07, 6.45) is 4.86. The van der Waals surface area contributed by atoms with Crippen LogP contribution in [0.2, 0.25) is 0 Å². The summed E-state index contributed by atoms with van der Waals surface area (Å²) in [5, 5.41) is 0. The molecule has 0 aromatic heterocycles. The fourth-order valence-corrected chi connectivity index (χ4v) is 3.42. The highest BCUT2D eigenvalue weighted by molar-refractivity contribution is 7.86. The Balaban J connectivity index is 1.95. The van der Waals surface area contributed by atoms with Gasteiger partial charge in [0.25, 0.3) is 10.1 Å². The van der Waals surface area contributed by atoms with E-state index in [9.17, 15) is 8.42 Å². The first kappa shape index (κ1) is 15.5. The van der Waals surface area contributed by atoms with E-state index in [1.807, 2.05) is 6.92 Å². The number of hydrogen-bond acceptors (Lipinski definition) is 4. The molecule has 1 aliphatic rings. The quantitative estimate of drug-likeness (QED) is 0.617. The van der Waals surface area contributed by atoms with E-state index in [1.165, 1.54) is 6.42 Å². The van der Waals surface area contributed by atoms with Crippen LogP contribution in [0.4, 0.5) is 0 Å². The number of rotatable bonds is 5. The van der Waals surface area contributed by atoms with Crippen molar-refractivity contribution in [2.75, 3.05) is 0 Å². The van der Waals surface area contributed by atoms with Crippen molar-refractivity contribution in [3.8, 4) is 0 Å². The van der Waals surface area contributed by atoms with Crippen LogP contribution >= 0.6 is 0 Å². The largest absolute Gasteiger partial charge is 0.348 e. The maximum absolute atomic E-state index is 12.1. The second kappa shape index (κ2) is 6.70. The van der Waals surface area contributed by atoms with E-state index in [4.69, 9.17) is 8.92 Å². The summed E-state index contributed by atoms with van der Waals surface area (Å²) in [6, 6.07) is 6.61. The smallest absolute Gasteiger partial charge is 0.299 e. The Hall–Kier alpha value is -0.910. The highest BCUT2D eigenvalue weighted by Gasteiger charge is 2.23. The van der Waals surface area contributed by atoms with E-state index >= 15 is 0 Å². The van der Waals surface area contributed by atoms with Gasteiger partial charge in [-0.3, -0.25) is 0 Å². The second-order valence-corrected chi connectivity index (χ2v) is 6.90. The molecule has 1 aliphatic carbocycles. The van der Waals surface area contributed by atoms with Crippen molar-refractivity contribution in [2.45, 2.75) is 63.2 Å². The number of aryl methyl sites for hydroxylation is 1. The van der Waals surface area contributed by atoms with E-state index in [1.54, 1.807) is 31.2 Å². The molecular weight excluding hydrogens is 276 g/mol. The normalized spacial score (nSPS) is 18.9. The standard InChI is InChI=1S/C15H22O4S/c1-12-8-10-15(11-9-12)20(16,17)19-13(2)18-14-6-4-3-5-7-14/h8-11,13-14H,3-7H2,1-2H3. The molecule has 0 bridgehead atoms. The van der Waals surface area contributed by atoms with Crippen LogP contribution in [0.5, 0.6) is 0 Å². The van der Waals surface area contributed by atoms with E-state index in [0.29, 0.717) is 0 Å². The zero-order chi connectivity index (χ0) is 14.6. The molecule has 1 saturated carbocycles. The van der Waals surface area contributed by atoms with E-state index < -0.39 is 16.4 Å². The lowest BCUT2D eigenvalue weighted by Crippen LogP contribution is -2.26. The predicted molar refractivity (Wildman–Crippen MR) is 76.9 cm³/mol. The van der Waals surface area contributed by atoms with Gasteiger partial charge < -0.3 is 4.74 Å². The Morgan fingerprint density at radius 1 is 1.10 bits per heavy atom. The van der Waals surface area contributed by atoms with Gasteiger partial charge in [0.15, 0.2) is 6.29 Å². The third kappa shape index (κ3) is 4.30.